The van der Waals surface area contributed by atoms with Crippen LogP contribution in [0.1, 0.15) is 11.1 Å². The second-order valence-corrected chi connectivity index (χ2v) is 6.23. The number of benzene rings is 2. The highest BCUT2D eigenvalue weighted by Gasteiger charge is 2.34. The van der Waals surface area contributed by atoms with Crippen molar-refractivity contribution in [2.75, 3.05) is 19.0 Å². The smallest absolute Gasteiger partial charge is 0.329 e. The van der Waals surface area contributed by atoms with Crippen molar-refractivity contribution < 1.29 is 24.2 Å². The number of hydrogen-bond donors (Lipinski definition) is 3. The molecule has 0 radical (unpaired) electrons. The lowest BCUT2D eigenvalue weighted by molar-refractivity contribution is -0.127. The van der Waals surface area contributed by atoms with Crippen molar-refractivity contribution in [2.45, 2.75) is 6.92 Å². The van der Waals surface area contributed by atoms with Crippen molar-refractivity contribution >= 4 is 29.6 Å². The van der Waals surface area contributed by atoms with Gasteiger partial charge in [0.25, 0.3) is 5.91 Å². The van der Waals surface area contributed by atoms with E-state index in [-0.39, 0.29) is 11.4 Å². The summed E-state index contributed by atoms with van der Waals surface area (Å²) in [5, 5.41) is 14.9. The lowest BCUT2D eigenvalue weighted by atomic mass is 10.1. The number of nitrogens with zero attached hydrogens (tertiary/aromatic N) is 1. The normalized spacial score (nSPS) is 14.9. The summed E-state index contributed by atoms with van der Waals surface area (Å²) >= 11 is 0. The molecular formula is C20H19N3O5. The average molecular weight is 381 g/mol. The first-order valence-electron chi connectivity index (χ1n) is 8.45. The van der Waals surface area contributed by atoms with Gasteiger partial charge in [0.05, 0.1) is 7.11 Å². The molecule has 1 aliphatic rings. The van der Waals surface area contributed by atoms with Gasteiger partial charge in [-0.3, -0.25) is 9.59 Å². The Morgan fingerprint density at radius 1 is 1.25 bits per heavy atom. The van der Waals surface area contributed by atoms with E-state index in [1.165, 1.54) is 25.3 Å². The largest absolute Gasteiger partial charge is 0.504 e. The molecule has 0 saturated carbocycles. The first-order valence-corrected chi connectivity index (χ1v) is 8.45. The minimum absolute atomic E-state index is 0.0120. The van der Waals surface area contributed by atoms with Crippen LogP contribution >= 0.6 is 0 Å². The van der Waals surface area contributed by atoms with Gasteiger partial charge in [-0.25, -0.2) is 9.69 Å². The molecule has 0 atom stereocenters. The maximum absolute atomic E-state index is 12.5. The molecule has 144 valence electrons. The van der Waals surface area contributed by atoms with Gasteiger partial charge in [0.1, 0.15) is 12.2 Å². The van der Waals surface area contributed by atoms with Gasteiger partial charge >= 0.3 is 6.03 Å². The number of ether oxygens (including phenoxy) is 1. The Morgan fingerprint density at radius 3 is 2.71 bits per heavy atom. The van der Waals surface area contributed by atoms with Crippen LogP contribution in [0.2, 0.25) is 0 Å². The molecule has 3 N–H and O–H groups in total. The maximum Gasteiger partial charge on any atom is 0.329 e. The highest BCUT2D eigenvalue weighted by Crippen LogP contribution is 2.27. The number of imide groups is 1. The van der Waals surface area contributed by atoms with Crippen LogP contribution in [0.3, 0.4) is 0 Å². The summed E-state index contributed by atoms with van der Waals surface area (Å²) in [6.07, 6.45) is 1.41. The van der Waals surface area contributed by atoms with E-state index in [0.717, 1.165) is 10.5 Å². The first-order chi connectivity index (χ1) is 13.4. The Labute approximate surface area is 161 Å². The fourth-order valence-corrected chi connectivity index (χ4v) is 2.75. The highest BCUT2D eigenvalue weighted by molar-refractivity contribution is 6.15. The van der Waals surface area contributed by atoms with E-state index < -0.39 is 24.4 Å². The fraction of sp³-hybridized carbons (Fsp3) is 0.150. The monoisotopic (exact) mass is 381 g/mol. The Kier molecular flexibility index (Phi) is 5.30. The number of carbonyl (C=O) groups excluding carboxylic acids is 3. The van der Waals surface area contributed by atoms with Gasteiger partial charge in [-0.2, -0.15) is 0 Å². The van der Waals surface area contributed by atoms with E-state index in [1.54, 1.807) is 24.3 Å². The van der Waals surface area contributed by atoms with Gasteiger partial charge in [0.15, 0.2) is 11.5 Å². The molecule has 8 heteroatoms. The number of anilines is 1. The van der Waals surface area contributed by atoms with Crippen LogP contribution in [-0.4, -0.2) is 41.5 Å². The average Bonchev–Trinajstić information content (AvgIpc) is 2.89. The molecule has 1 aliphatic heterocycles. The van der Waals surface area contributed by atoms with Crippen LogP contribution in [-0.2, 0) is 9.59 Å². The third-order valence-electron chi connectivity index (χ3n) is 4.08. The molecule has 0 aliphatic carbocycles. The quantitative estimate of drug-likeness (QED) is 0.544. The molecule has 28 heavy (non-hydrogen) atoms. The van der Waals surface area contributed by atoms with Crippen molar-refractivity contribution in [3.63, 3.8) is 0 Å². The molecule has 2 aromatic carbocycles. The Morgan fingerprint density at radius 2 is 2.04 bits per heavy atom. The zero-order valence-corrected chi connectivity index (χ0v) is 15.4. The summed E-state index contributed by atoms with van der Waals surface area (Å²) in [7, 11) is 1.42. The molecule has 1 fully saturated rings. The SMILES string of the molecule is COc1ccc(/C=C2\NC(=O)N(CC(=O)Nc3cccc(C)c3)C2=O)cc1O. The lowest BCUT2D eigenvalue weighted by Gasteiger charge is -2.12. The molecule has 1 saturated heterocycles. The van der Waals surface area contributed by atoms with Crippen molar-refractivity contribution in [3.05, 3.63) is 59.3 Å². The predicted octanol–water partition coefficient (Wildman–Crippen LogP) is 2.24. The number of rotatable bonds is 5. The van der Waals surface area contributed by atoms with Gasteiger partial charge in [0, 0.05) is 5.69 Å². The summed E-state index contributed by atoms with van der Waals surface area (Å²) in [6, 6.07) is 11.1. The van der Waals surface area contributed by atoms with E-state index in [1.807, 2.05) is 13.0 Å². The molecule has 2 aromatic rings. The predicted molar refractivity (Wildman–Crippen MR) is 103 cm³/mol. The van der Waals surface area contributed by atoms with Crippen molar-refractivity contribution in [3.8, 4) is 11.5 Å². The number of methoxy groups -OCH3 is 1. The van der Waals surface area contributed by atoms with Gasteiger partial charge in [0.2, 0.25) is 5.91 Å². The van der Waals surface area contributed by atoms with Crippen LogP contribution in [0, 0.1) is 6.92 Å². The molecule has 4 amide bonds. The molecule has 0 unspecified atom stereocenters. The number of aryl methyl sites for hydroxylation is 1. The zero-order valence-electron chi connectivity index (χ0n) is 15.4. The van der Waals surface area contributed by atoms with Crippen LogP contribution in [0.5, 0.6) is 11.5 Å². The number of phenols is 1. The summed E-state index contributed by atoms with van der Waals surface area (Å²) in [5.41, 5.74) is 2.06. The minimum Gasteiger partial charge on any atom is -0.504 e. The fourth-order valence-electron chi connectivity index (χ4n) is 2.75. The third-order valence-corrected chi connectivity index (χ3v) is 4.08. The van der Waals surface area contributed by atoms with Gasteiger partial charge in [-0.15, -0.1) is 0 Å². The lowest BCUT2D eigenvalue weighted by Crippen LogP contribution is -2.38. The molecule has 0 bridgehead atoms. The van der Waals surface area contributed by atoms with E-state index in [2.05, 4.69) is 10.6 Å². The summed E-state index contributed by atoms with van der Waals surface area (Å²) in [5.74, 6) is -0.918. The van der Waals surface area contributed by atoms with Gasteiger partial charge < -0.3 is 20.5 Å². The number of urea groups is 1. The van der Waals surface area contributed by atoms with E-state index in [9.17, 15) is 19.5 Å². The second-order valence-electron chi connectivity index (χ2n) is 6.23. The Bertz CT molecular complexity index is 984. The molecular weight excluding hydrogens is 362 g/mol. The number of hydrogen-bond acceptors (Lipinski definition) is 5. The number of aromatic hydroxyl groups is 1. The van der Waals surface area contributed by atoms with Crippen LogP contribution < -0.4 is 15.4 Å². The van der Waals surface area contributed by atoms with Gasteiger partial charge in [-0.1, -0.05) is 18.2 Å². The van der Waals surface area contributed by atoms with Crippen LogP contribution in [0.4, 0.5) is 10.5 Å². The van der Waals surface area contributed by atoms with Crippen molar-refractivity contribution in [1.29, 1.82) is 0 Å². The van der Waals surface area contributed by atoms with Gasteiger partial charge in [-0.05, 0) is 48.4 Å². The summed E-state index contributed by atoms with van der Waals surface area (Å²) in [4.78, 5) is 37.6. The van der Waals surface area contributed by atoms with Crippen LogP contribution in [0.15, 0.2) is 48.2 Å². The third kappa shape index (κ3) is 4.12. The highest BCUT2D eigenvalue weighted by atomic mass is 16.5. The minimum atomic E-state index is -0.687. The second kappa shape index (κ2) is 7.83. The standard InChI is InChI=1S/C20H19N3O5/c1-12-4-3-5-14(8-12)21-18(25)11-23-19(26)15(22-20(23)27)9-13-6-7-17(28-2)16(24)10-13/h3-10,24H,11H2,1-2H3,(H,21,25)(H,22,27)/b15-9-. The van der Waals surface area contributed by atoms with E-state index in [4.69, 9.17) is 4.74 Å². The zero-order chi connectivity index (χ0) is 20.3. The molecule has 1 heterocycles. The van der Waals surface area contributed by atoms with E-state index >= 15 is 0 Å². The number of phenolic OH excluding ortho intramolecular Hbond substituents is 1. The number of nitrogens with one attached hydrogen (secondary N) is 2. The molecule has 8 nitrogen and oxygen atoms in total. The van der Waals surface area contributed by atoms with E-state index in [0.29, 0.717) is 17.0 Å². The summed E-state index contributed by atoms with van der Waals surface area (Å²) in [6.45, 7) is 1.48. The van der Waals surface area contributed by atoms with Crippen LogP contribution in [0.25, 0.3) is 6.08 Å². The molecule has 0 aromatic heterocycles. The van der Waals surface area contributed by atoms with Crippen molar-refractivity contribution in [2.24, 2.45) is 0 Å². The summed E-state index contributed by atoms with van der Waals surface area (Å²) < 4.78 is 4.97. The van der Waals surface area contributed by atoms with Crippen molar-refractivity contribution in [1.82, 2.24) is 10.2 Å². The Balaban J connectivity index is 1.71. The first kappa shape index (κ1) is 19.0. The maximum atomic E-state index is 12.5. The topological polar surface area (TPSA) is 108 Å². The Hall–Kier alpha value is -3.81. The molecule has 3 rings (SSSR count). The number of carbonyl (C=O) groups is 3. The molecule has 0 spiro atoms. The number of amides is 4.